The predicted molar refractivity (Wildman–Crippen MR) is 75.6 cm³/mol. The van der Waals surface area contributed by atoms with Crippen LogP contribution >= 0.6 is 0 Å². The molecule has 2 heterocycles. The van der Waals surface area contributed by atoms with Gasteiger partial charge in [0.05, 0.1) is 6.42 Å². The molecule has 2 bridgehead atoms. The molecule has 1 saturated carbocycles. The van der Waals surface area contributed by atoms with Crippen molar-refractivity contribution in [2.75, 3.05) is 6.54 Å². The number of benzene rings is 1. The fourth-order valence-electron chi connectivity index (χ4n) is 3.30. The summed E-state index contributed by atoms with van der Waals surface area (Å²) in [5.74, 6) is -0.260. The molecule has 1 atom stereocenters. The topological polar surface area (TPSA) is 66.8 Å². The molecule has 1 unspecified atom stereocenters. The van der Waals surface area contributed by atoms with Gasteiger partial charge in [0.1, 0.15) is 6.61 Å². The molecule has 1 aliphatic carbocycles. The summed E-state index contributed by atoms with van der Waals surface area (Å²) in [5, 5.41) is 8.94. The normalized spacial score (nSPS) is 26.9. The number of ether oxygens (including phenoxy) is 1. The van der Waals surface area contributed by atoms with Gasteiger partial charge < -0.3 is 14.7 Å². The van der Waals surface area contributed by atoms with Crippen LogP contribution in [0.2, 0.25) is 0 Å². The third kappa shape index (κ3) is 3.01. The highest BCUT2D eigenvalue weighted by Gasteiger charge is 2.47. The molecule has 0 radical (unpaired) electrons. The first kappa shape index (κ1) is 13.9. The number of piperidine rings is 2. The Labute approximate surface area is 123 Å². The lowest BCUT2D eigenvalue weighted by atomic mass is 9.66. The number of aliphatic carboxylic acids is 1. The van der Waals surface area contributed by atoms with Gasteiger partial charge >= 0.3 is 12.1 Å². The zero-order valence-electron chi connectivity index (χ0n) is 11.8. The molecule has 1 aromatic carbocycles. The van der Waals surface area contributed by atoms with Gasteiger partial charge in [-0.1, -0.05) is 30.3 Å². The summed E-state index contributed by atoms with van der Waals surface area (Å²) in [6, 6.07) is 9.79. The van der Waals surface area contributed by atoms with E-state index in [2.05, 4.69) is 0 Å². The van der Waals surface area contributed by atoms with E-state index in [4.69, 9.17) is 9.84 Å². The largest absolute Gasteiger partial charge is 0.481 e. The van der Waals surface area contributed by atoms with Crippen LogP contribution in [0.25, 0.3) is 0 Å². The van der Waals surface area contributed by atoms with E-state index >= 15 is 0 Å². The Morgan fingerprint density at radius 1 is 1.24 bits per heavy atom. The second kappa shape index (κ2) is 5.76. The van der Waals surface area contributed by atoms with Crippen LogP contribution < -0.4 is 0 Å². The number of rotatable bonds is 4. The first-order valence-corrected chi connectivity index (χ1v) is 7.32. The Morgan fingerprint density at radius 3 is 2.62 bits per heavy atom. The van der Waals surface area contributed by atoms with E-state index in [0.717, 1.165) is 18.4 Å². The third-order valence-corrected chi connectivity index (χ3v) is 4.56. The van der Waals surface area contributed by atoms with Crippen LogP contribution in [0.3, 0.4) is 0 Å². The summed E-state index contributed by atoms with van der Waals surface area (Å²) < 4.78 is 5.36. The molecular weight excluding hydrogens is 270 g/mol. The molecule has 4 rings (SSSR count). The standard InChI is InChI=1S/C16H19NO4/c18-15(19)8-13-9-17(14-6-12(13)7-14)16(20)21-10-11-4-2-1-3-5-11/h1-5,12-14H,6-10H2,(H,18,19). The van der Waals surface area contributed by atoms with Gasteiger partial charge in [-0.05, 0) is 30.2 Å². The number of carbonyl (C=O) groups excluding carboxylic acids is 1. The number of carboxylic acids is 1. The van der Waals surface area contributed by atoms with E-state index in [9.17, 15) is 9.59 Å². The summed E-state index contributed by atoms with van der Waals surface area (Å²) in [7, 11) is 0. The van der Waals surface area contributed by atoms with Crippen molar-refractivity contribution in [2.24, 2.45) is 11.8 Å². The maximum Gasteiger partial charge on any atom is 0.410 e. The molecule has 2 aliphatic heterocycles. The van der Waals surface area contributed by atoms with Crippen molar-refractivity contribution in [2.45, 2.75) is 31.9 Å². The number of amides is 1. The highest BCUT2D eigenvalue weighted by atomic mass is 16.6. The summed E-state index contributed by atoms with van der Waals surface area (Å²) in [6.07, 6.45) is 1.65. The van der Waals surface area contributed by atoms with Gasteiger partial charge in [0.15, 0.2) is 0 Å². The Balaban J connectivity index is 1.56. The molecule has 3 aliphatic rings. The Hall–Kier alpha value is -2.04. The van der Waals surface area contributed by atoms with E-state index in [1.165, 1.54) is 0 Å². The maximum absolute atomic E-state index is 12.2. The molecule has 0 spiro atoms. The molecule has 1 aromatic rings. The maximum atomic E-state index is 12.2. The quantitative estimate of drug-likeness (QED) is 0.924. The van der Waals surface area contributed by atoms with Crippen LogP contribution in [0, 0.1) is 11.8 Å². The van der Waals surface area contributed by atoms with Crippen LogP contribution in [0.5, 0.6) is 0 Å². The van der Waals surface area contributed by atoms with E-state index in [0.29, 0.717) is 12.5 Å². The van der Waals surface area contributed by atoms with E-state index in [1.54, 1.807) is 4.90 Å². The van der Waals surface area contributed by atoms with Crippen LogP contribution in [0.4, 0.5) is 4.79 Å². The molecule has 5 heteroatoms. The molecule has 5 nitrogen and oxygen atoms in total. The van der Waals surface area contributed by atoms with Gasteiger partial charge in [0.25, 0.3) is 0 Å². The summed E-state index contributed by atoms with van der Waals surface area (Å²) in [6.45, 7) is 0.769. The van der Waals surface area contributed by atoms with Gasteiger partial charge in [-0.2, -0.15) is 0 Å². The number of hydrogen-bond donors (Lipinski definition) is 1. The Kier molecular flexibility index (Phi) is 3.82. The molecular formula is C16H19NO4. The van der Waals surface area contributed by atoms with E-state index < -0.39 is 5.97 Å². The van der Waals surface area contributed by atoms with Gasteiger partial charge in [-0.15, -0.1) is 0 Å². The van der Waals surface area contributed by atoms with Crippen molar-refractivity contribution in [1.29, 1.82) is 0 Å². The minimum Gasteiger partial charge on any atom is -0.481 e. The van der Waals surface area contributed by atoms with Crippen molar-refractivity contribution in [1.82, 2.24) is 4.90 Å². The number of nitrogens with zero attached hydrogens (tertiary/aromatic N) is 1. The second-order valence-electron chi connectivity index (χ2n) is 5.94. The fourth-order valence-corrected chi connectivity index (χ4v) is 3.30. The van der Waals surface area contributed by atoms with Crippen molar-refractivity contribution in [3.63, 3.8) is 0 Å². The minimum absolute atomic E-state index is 0.0665. The van der Waals surface area contributed by atoms with E-state index in [1.807, 2.05) is 30.3 Å². The number of hydrogen-bond acceptors (Lipinski definition) is 3. The third-order valence-electron chi connectivity index (χ3n) is 4.56. The van der Waals surface area contributed by atoms with Crippen LogP contribution in [0.15, 0.2) is 30.3 Å². The highest BCUT2D eigenvalue weighted by Crippen LogP contribution is 2.44. The minimum atomic E-state index is -0.789. The summed E-state index contributed by atoms with van der Waals surface area (Å²) in [5.41, 5.74) is 0.955. The van der Waals surface area contributed by atoms with Crippen LogP contribution in [-0.2, 0) is 16.1 Å². The number of carboxylic acid groups (broad SMARTS) is 1. The lowest BCUT2D eigenvalue weighted by Gasteiger charge is -2.52. The molecule has 2 saturated heterocycles. The average molecular weight is 289 g/mol. The summed E-state index contributed by atoms with van der Waals surface area (Å²) >= 11 is 0. The zero-order valence-corrected chi connectivity index (χ0v) is 11.8. The molecule has 3 fully saturated rings. The zero-order chi connectivity index (χ0) is 14.8. The number of carbonyl (C=O) groups is 2. The molecule has 1 N–H and O–H groups in total. The van der Waals surface area contributed by atoms with Gasteiger partial charge in [0.2, 0.25) is 0 Å². The SMILES string of the molecule is O=C(O)CC1CN(C(=O)OCc2ccccc2)C2CC1C2. The molecule has 0 aromatic heterocycles. The number of fused-ring (bicyclic) bond motifs is 2. The predicted octanol–water partition coefficient (Wildman–Crippen LogP) is 2.51. The van der Waals surface area contributed by atoms with Crippen LogP contribution in [-0.4, -0.2) is 34.7 Å². The van der Waals surface area contributed by atoms with Crippen molar-refractivity contribution >= 4 is 12.1 Å². The monoisotopic (exact) mass is 289 g/mol. The van der Waals surface area contributed by atoms with Gasteiger partial charge in [-0.25, -0.2) is 4.79 Å². The molecule has 21 heavy (non-hydrogen) atoms. The Bertz CT molecular complexity index is 524. The van der Waals surface area contributed by atoms with Crippen molar-refractivity contribution < 1.29 is 19.4 Å². The van der Waals surface area contributed by atoms with Gasteiger partial charge in [0, 0.05) is 12.6 Å². The summed E-state index contributed by atoms with van der Waals surface area (Å²) in [4.78, 5) is 24.8. The Morgan fingerprint density at radius 2 is 1.95 bits per heavy atom. The lowest BCUT2D eigenvalue weighted by molar-refractivity contribution is -0.141. The first-order valence-electron chi connectivity index (χ1n) is 7.32. The van der Waals surface area contributed by atoms with E-state index in [-0.39, 0.29) is 31.1 Å². The van der Waals surface area contributed by atoms with Gasteiger partial charge in [-0.3, -0.25) is 4.79 Å². The highest BCUT2D eigenvalue weighted by molar-refractivity contribution is 5.70. The molecule has 112 valence electrons. The first-order chi connectivity index (χ1) is 10.1. The van der Waals surface area contributed by atoms with Crippen molar-refractivity contribution in [3.8, 4) is 0 Å². The fraction of sp³-hybridized carbons (Fsp3) is 0.500. The van der Waals surface area contributed by atoms with Crippen LogP contribution in [0.1, 0.15) is 24.8 Å². The van der Waals surface area contributed by atoms with Crippen molar-refractivity contribution in [3.05, 3.63) is 35.9 Å². The average Bonchev–Trinajstić information content (AvgIpc) is 2.43. The second-order valence-corrected chi connectivity index (χ2v) is 5.94. The smallest absolute Gasteiger partial charge is 0.410 e. The lowest BCUT2D eigenvalue weighted by Crippen LogP contribution is -2.58. The molecule has 1 amide bonds.